The monoisotopic (exact) mass is 542 g/mol. The summed E-state index contributed by atoms with van der Waals surface area (Å²) in [5, 5.41) is 0. The van der Waals surface area contributed by atoms with E-state index in [1.54, 1.807) is 24.3 Å². The molecular formula is C27H30F2O2SiZr. The van der Waals surface area contributed by atoms with Crippen molar-refractivity contribution in [1.29, 1.82) is 0 Å². The molecule has 6 heteroatoms. The molecule has 0 amide bonds. The molecule has 0 N–H and O–H groups in total. The van der Waals surface area contributed by atoms with Gasteiger partial charge in [0.25, 0.3) is 0 Å². The molecule has 172 valence electrons. The van der Waals surface area contributed by atoms with Crippen LogP contribution in [0.2, 0.25) is 13.1 Å². The Kier molecular flexibility index (Phi) is 6.54. The van der Waals surface area contributed by atoms with Gasteiger partial charge in [0.05, 0.1) is 0 Å². The Hall–Kier alpha value is -2.04. The van der Waals surface area contributed by atoms with Gasteiger partial charge in [-0.05, 0) is 0 Å². The average molecular weight is 544 g/mol. The van der Waals surface area contributed by atoms with Crippen molar-refractivity contribution in [3.05, 3.63) is 102 Å². The maximum absolute atomic E-state index is 13.8. The van der Waals surface area contributed by atoms with Gasteiger partial charge in [-0.25, -0.2) is 0 Å². The molecule has 0 radical (unpaired) electrons. The van der Waals surface area contributed by atoms with E-state index in [2.05, 4.69) is 58.2 Å². The predicted octanol–water partition coefficient (Wildman–Crippen LogP) is 7.91. The number of halogens is 2. The van der Waals surface area contributed by atoms with Crippen LogP contribution >= 0.6 is 0 Å². The van der Waals surface area contributed by atoms with Crippen LogP contribution in [-0.2, 0) is 18.3 Å². The van der Waals surface area contributed by atoms with Crippen LogP contribution in [0.25, 0.3) is 0 Å². The third-order valence-electron chi connectivity index (χ3n) is 6.96. The van der Waals surface area contributed by atoms with Crippen LogP contribution in [-0.4, -0.2) is 5.43 Å². The Labute approximate surface area is 197 Å². The summed E-state index contributed by atoms with van der Waals surface area (Å²) in [6.07, 6.45) is 9.42. The first-order valence-electron chi connectivity index (χ1n) is 11.3. The topological polar surface area (TPSA) is 18.5 Å². The summed E-state index contributed by atoms with van der Waals surface area (Å²) in [7, 11) is 0. The van der Waals surface area contributed by atoms with Crippen LogP contribution in [0.5, 0.6) is 11.5 Å². The summed E-state index contributed by atoms with van der Waals surface area (Å²) < 4.78 is 44.6. The van der Waals surface area contributed by atoms with Gasteiger partial charge in [-0.1, -0.05) is 0 Å². The predicted molar refractivity (Wildman–Crippen MR) is 129 cm³/mol. The van der Waals surface area contributed by atoms with Gasteiger partial charge >= 0.3 is 198 Å². The molecule has 0 spiro atoms. The average Bonchev–Trinajstić information content (AvgIpc) is 3.40. The molecule has 0 aliphatic heterocycles. The molecule has 0 fully saturated rings. The van der Waals surface area contributed by atoms with E-state index in [1.165, 1.54) is 42.0 Å². The van der Waals surface area contributed by atoms with Gasteiger partial charge in [-0.15, -0.1) is 0 Å². The molecule has 2 nitrogen and oxygen atoms in total. The van der Waals surface area contributed by atoms with Crippen LogP contribution in [0.1, 0.15) is 27.2 Å². The van der Waals surface area contributed by atoms with E-state index in [0.717, 1.165) is 6.42 Å². The zero-order valence-electron chi connectivity index (χ0n) is 19.8. The minimum absolute atomic E-state index is 0.151. The molecule has 1 unspecified atom stereocenters. The Bertz CT molecular complexity index is 1230. The van der Waals surface area contributed by atoms with Gasteiger partial charge in [0.1, 0.15) is 0 Å². The van der Waals surface area contributed by atoms with Gasteiger partial charge in [0.2, 0.25) is 0 Å². The SMILES string of the molecule is CC1=CC(C)[C]([Zr]([O]c2ccc(F)cc2)([O]c2ccc(F)cc2)([C]2=CC=CC2)=[Si](C)C)=C1C. The van der Waals surface area contributed by atoms with Gasteiger partial charge in [0.15, 0.2) is 0 Å². The van der Waals surface area contributed by atoms with E-state index in [0.29, 0.717) is 11.5 Å². The fraction of sp³-hybridized carbons (Fsp3) is 0.259. The van der Waals surface area contributed by atoms with E-state index < -0.39 is 23.7 Å². The summed E-state index contributed by atoms with van der Waals surface area (Å²) >= 11 is -5.07. The summed E-state index contributed by atoms with van der Waals surface area (Å²) in [6.45, 7) is 11.0. The van der Waals surface area contributed by atoms with Crippen molar-refractivity contribution in [2.24, 2.45) is 5.92 Å². The van der Waals surface area contributed by atoms with Crippen LogP contribution in [0.4, 0.5) is 8.78 Å². The zero-order chi connectivity index (χ0) is 23.8. The standard InChI is InChI=1S/C8H11.2C6H5FO.C5H5.C2H6Si.Zr/c1-6-4-7(2)8(3)5-6;2*7-5-1-3-6(8)4-2-5;1-2-4-5-3-1;1-3-2;/h4,6H,1-3H3;2*1-4,8H;1-3H,4H2;1-2H3;/q;;;;;+2/p-2. The molecule has 0 bridgehead atoms. The van der Waals surface area contributed by atoms with Gasteiger partial charge in [-0.2, -0.15) is 0 Å². The second kappa shape index (κ2) is 8.96. The second-order valence-electron chi connectivity index (χ2n) is 9.18. The summed E-state index contributed by atoms with van der Waals surface area (Å²) in [4.78, 5) is 0. The molecule has 0 saturated heterocycles. The molecule has 0 heterocycles. The van der Waals surface area contributed by atoms with Crippen LogP contribution < -0.4 is 5.63 Å². The fourth-order valence-corrected chi connectivity index (χ4v) is 35.2. The Balaban J connectivity index is 2.11. The summed E-state index contributed by atoms with van der Waals surface area (Å²) in [5.74, 6) is 0.761. The molecule has 0 saturated carbocycles. The normalized spacial score (nSPS) is 18.4. The first-order chi connectivity index (χ1) is 15.7. The number of allylic oxidation sites excluding steroid dienone is 8. The van der Waals surface area contributed by atoms with E-state index in [1.807, 2.05) is 0 Å². The van der Waals surface area contributed by atoms with Crippen molar-refractivity contribution < 1.29 is 32.7 Å². The van der Waals surface area contributed by atoms with Crippen molar-refractivity contribution in [3.8, 4) is 11.5 Å². The molecule has 2 aromatic carbocycles. The third-order valence-corrected chi connectivity index (χ3v) is 38.2. The van der Waals surface area contributed by atoms with Crippen LogP contribution in [0.3, 0.4) is 0 Å². The number of benzene rings is 2. The Morgan fingerprint density at radius 2 is 1.39 bits per heavy atom. The van der Waals surface area contributed by atoms with E-state index in [-0.39, 0.29) is 17.6 Å². The van der Waals surface area contributed by atoms with Gasteiger partial charge in [-0.3, -0.25) is 0 Å². The van der Waals surface area contributed by atoms with Crippen molar-refractivity contribution in [1.82, 2.24) is 0 Å². The van der Waals surface area contributed by atoms with E-state index in [4.69, 9.17) is 5.63 Å². The molecule has 2 aliphatic rings. The molecule has 1 atom stereocenters. The summed E-state index contributed by atoms with van der Waals surface area (Å²) in [5.41, 5.74) is 1.17. The quantitative estimate of drug-likeness (QED) is 0.345. The fourth-order valence-electron chi connectivity index (χ4n) is 5.36. The van der Waals surface area contributed by atoms with E-state index >= 15 is 0 Å². The third kappa shape index (κ3) is 3.95. The minimum atomic E-state index is -5.07. The summed E-state index contributed by atoms with van der Waals surface area (Å²) in [6, 6.07) is 12.5. The number of hydrogen-bond acceptors (Lipinski definition) is 2. The van der Waals surface area contributed by atoms with Crippen molar-refractivity contribution in [3.63, 3.8) is 0 Å². The van der Waals surface area contributed by atoms with E-state index in [9.17, 15) is 8.78 Å². The molecule has 33 heavy (non-hydrogen) atoms. The first kappa shape index (κ1) is 24.1. The first-order valence-corrected chi connectivity index (χ1v) is 21.9. The molecular weight excluding hydrogens is 514 g/mol. The van der Waals surface area contributed by atoms with Gasteiger partial charge in [0, 0.05) is 0 Å². The molecule has 0 aromatic heterocycles. The van der Waals surface area contributed by atoms with Gasteiger partial charge < -0.3 is 0 Å². The Morgan fingerprint density at radius 1 is 0.879 bits per heavy atom. The van der Waals surface area contributed by atoms with Crippen molar-refractivity contribution in [2.75, 3.05) is 0 Å². The molecule has 2 aliphatic carbocycles. The number of hydrogen-bond donors (Lipinski definition) is 0. The molecule has 2 aromatic rings. The second-order valence-corrected chi connectivity index (χ2v) is 33.1. The Morgan fingerprint density at radius 3 is 1.76 bits per heavy atom. The maximum atomic E-state index is 13.8. The van der Waals surface area contributed by atoms with Crippen molar-refractivity contribution in [2.45, 2.75) is 40.3 Å². The molecule has 4 rings (SSSR count). The van der Waals surface area contributed by atoms with Crippen molar-refractivity contribution >= 4 is 5.43 Å². The van der Waals surface area contributed by atoms with Crippen LogP contribution in [0.15, 0.2) is 90.5 Å². The van der Waals surface area contributed by atoms with Crippen LogP contribution in [0, 0.1) is 17.6 Å². The number of rotatable bonds is 6. The zero-order valence-corrected chi connectivity index (χ0v) is 23.2.